The first-order valence-electron chi connectivity index (χ1n) is 5.32. The number of nitrogens with one attached hydrogen (secondary N) is 1. The highest BCUT2D eigenvalue weighted by Crippen LogP contribution is 2.29. The molecule has 1 amide bonds. The third kappa shape index (κ3) is 1.91. The average Bonchev–Trinajstić information content (AvgIpc) is 2.88. The van der Waals surface area contributed by atoms with Gasteiger partial charge in [0.1, 0.15) is 11.3 Å². The first-order valence-corrected chi connectivity index (χ1v) is 5.32. The number of amides is 1. The van der Waals surface area contributed by atoms with Crippen molar-refractivity contribution in [2.45, 2.75) is 38.1 Å². The van der Waals surface area contributed by atoms with E-state index in [0.717, 1.165) is 12.8 Å². The fraction of sp³-hybridized carbons (Fsp3) is 0.545. The molecule has 0 aliphatic heterocycles. The molecule has 16 heavy (non-hydrogen) atoms. The molecule has 1 fully saturated rings. The fourth-order valence-electron chi connectivity index (χ4n) is 2.00. The highest BCUT2D eigenvalue weighted by molar-refractivity contribution is 5.93. The van der Waals surface area contributed by atoms with E-state index < -0.39 is 5.54 Å². The van der Waals surface area contributed by atoms with Crippen LogP contribution < -0.4 is 5.32 Å². The summed E-state index contributed by atoms with van der Waals surface area (Å²) in [5, 5.41) is 15.5. The van der Waals surface area contributed by atoms with Gasteiger partial charge in [0.05, 0.1) is 6.07 Å². The van der Waals surface area contributed by atoms with Crippen LogP contribution in [0.5, 0.6) is 0 Å². The molecule has 0 aromatic carbocycles. The Kier molecular flexibility index (Phi) is 2.65. The van der Waals surface area contributed by atoms with Gasteiger partial charge in [-0.25, -0.2) is 0 Å². The van der Waals surface area contributed by atoms with E-state index in [0.29, 0.717) is 18.6 Å². The molecule has 2 rings (SSSR count). The molecule has 0 saturated heterocycles. The van der Waals surface area contributed by atoms with Crippen LogP contribution in [0.4, 0.5) is 0 Å². The summed E-state index contributed by atoms with van der Waals surface area (Å²) in [5.74, 6) is 0.253. The van der Waals surface area contributed by atoms with Crippen LogP contribution in [0.2, 0.25) is 0 Å². The minimum atomic E-state index is -0.704. The summed E-state index contributed by atoms with van der Waals surface area (Å²) in [6.45, 7) is 1.72. The molecule has 1 aliphatic carbocycles. The molecule has 1 aliphatic rings. The summed E-state index contributed by atoms with van der Waals surface area (Å²) >= 11 is 0. The predicted molar refractivity (Wildman–Crippen MR) is 55.5 cm³/mol. The van der Waals surface area contributed by atoms with Crippen LogP contribution in [-0.2, 0) is 0 Å². The number of nitriles is 1. The van der Waals surface area contributed by atoms with Crippen molar-refractivity contribution in [3.63, 3.8) is 0 Å². The van der Waals surface area contributed by atoms with Crippen molar-refractivity contribution in [2.24, 2.45) is 0 Å². The Morgan fingerprint density at radius 2 is 2.31 bits per heavy atom. The maximum atomic E-state index is 11.8. The Balaban J connectivity index is 2.10. The van der Waals surface area contributed by atoms with Crippen LogP contribution in [-0.4, -0.2) is 16.6 Å². The summed E-state index contributed by atoms with van der Waals surface area (Å²) in [4.78, 5) is 11.8. The van der Waals surface area contributed by atoms with Crippen LogP contribution in [0.25, 0.3) is 0 Å². The molecule has 0 spiro atoms. The molecule has 1 aromatic heterocycles. The summed E-state index contributed by atoms with van der Waals surface area (Å²) in [5.41, 5.74) is -0.469. The van der Waals surface area contributed by atoms with Crippen molar-refractivity contribution in [2.75, 3.05) is 0 Å². The summed E-state index contributed by atoms with van der Waals surface area (Å²) in [7, 11) is 0. The van der Waals surface area contributed by atoms with Gasteiger partial charge < -0.3 is 9.84 Å². The first-order chi connectivity index (χ1) is 7.65. The molecular weight excluding hydrogens is 206 g/mol. The van der Waals surface area contributed by atoms with Crippen LogP contribution in [0.3, 0.4) is 0 Å². The molecule has 0 unspecified atom stereocenters. The zero-order valence-electron chi connectivity index (χ0n) is 9.12. The number of carbonyl (C=O) groups excluding carboxylic acids is 1. The number of aromatic nitrogens is 1. The standard InChI is InChI=1S/C11H13N3O2/c1-8-6-9(14-16-8)10(15)13-11(7-12)4-2-3-5-11/h6H,2-5H2,1H3,(H,13,15). The van der Waals surface area contributed by atoms with E-state index in [1.54, 1.807) is 13.0 Å². The molecular formula is C11H13N3O2. The van der Waals surface area contributed by atoms with Gasteiger partial charge >= 0.3 is 0 Å². The Morgan fingerprint density at radius 1 is 1.62 bits per heavy atom. The Hall–Kier alpha value is -1.83. The van der Waals surface area contributed by atoms with Crippen LogP contribution in [0.15, 0.2) is 10.6 Å². The van der Waals surface area contributed by atoms with Gasteiger partial charge in [0, 0.05) is 6.07 Å². The molecule has 1 N–H and O–H groups in total. The second-order valence-electron chi connectivity index (χ2n) is 4.18. The van der Waals surface area contributed by atoms with E-state index in [9.17, 15) is 4.79 Å². The maximum absolute atomic E-state index is 11.8. The third-order valence-corrected chi connectivity index (χ3v) is 2.88. The van der Waals surface area contributed by atoms with Crippen molar-refractivity contribution in [3.8, 4) is 6.07 Å². The van der Waals surface area contributed by atoms with E-state index in [2.05, 4.69) is 16.5 Å². The van der Waals surface area contributed by atoms with Gasteiger partial charge in [-0.3, -0.25) is 4.79 Å². The van der Waals surface area contributed by atoms with Gasteiger partial charge in [0.25, 0.3) is 5.91 Å². The number of nitrogens with zero attached hydrogens (tertiary/aromatic N) is 2. The molecule has 0 atom stereocenters. The molecule has 0 radical (unpaired) electrons. The van der Waals surface area contributed by atoms with Gasteiger partial charge in [-0.15, -0.1) is 0 Å². The molecule has 0 bridgehead atoms. The van der Waals surface area contributed by atoms with Gasteiger partial charge in [-0.05, 0) is 32.6 Å². The second-order valence-corrected chi connectivity index (χ2v) is 4.18. The van der Waals surface area contributed by atoms with Gasteiger partial charge in [0.2, 0.25) is 0 Å². The molecule has 1 heterocycles. The normalized spacial score (nSPS) is 18.0. The lowest BCUT2D eigenvalue weighted by molar-refractivity contribution is 0.0911. The molecule has 1 aromatic rings. The van der Waals surface area contributed by atoms with E-state index in [1.165, 1.54) is 0 Å². The highest BCUT2D eigenvalue weighted by atomic mass is 16.5. The van der Waals surface area contributed by atoms with Crippen molar-refractivity contribution in [1.29, 1.82) is 5.26 Å². The summed E-state index contributed by atoms with van der Waals surface area (Å²) in [6.07, 6.45) is 3.38. The minimum Gasteiger partial charge on any atom is -0.361 e. The van der Waals surface area contributed by atoms with Crippen molar-refractivity contribution in [3.05, 3.63) is 17.5 Å². The lowest BCUT2D eigenvalue weighted by Crippen LogP contribution is -2.45. The minimum absolute atomic E-state index is 0.235. The second kappa shape index (κ2) is 3.97. The lowest BCUT2D eigenvalue weighted by atomic mass is 10.00. The van der Waals surface area contributed by atoms with Gasteiger partial charge in [-0.2, -0.15) is 5.26 Å². The summed E-state index contributed by atoms with van der Waals surface area (Å²) in [6, 6.07) is 3.76. The SMILES string of the molecule is Cc1cc(C(=O)NC2(C#N)CCCC2)no1. The molecule has 1 saturated carbocycles. The number of carbonyl (C=O) groups is 1. The average molecular weight is 219 g/mol. The van der Waals surface area contributed by atoms with E-state index in [1.807, 2.05) is 0 Å². The van der Waals surface area contributed by atoms with Crippen molar-refractivity contribution in [1.82, 2.24) is 10.5 Å². The number of hydrogen-bond acceptors (Lipinski definition) is 4. The Labute approximate surface area is 93.4 Å². The Morgan fingerprint density at radius 3 is 2.81 bits per heavy atom. The van der Waals surface area contributed by atoms with Crippen LogP contribution >= 0.6 is 0 Å². The van der Waals surface area contributed by atoms with E-state index in [4.69, 9.17) is 9.78 Å². The van der Waals surface area contributed by atoms with Crippen molar-refractivity contribution < 1.29 is 9.32 Å². The zero-order chi connectivity index (χ0) is 11.6. The fourth-order valence-corrected chi connectivity index (χ4v) is 2.00. The zero-order valence-corrected chi connectivity index (χ0v) is 9.12. The van der Waals surface area contributed by atoms with Gasteiger partial charge in [0.15, 0.2) is 5.69 Å². The summed E-state index contributed by atoms with van der Waals surface area (Å²) < 4.78 is 4.82. The molecule has 84 valence electrons. The van der Waals surface area contributed by atoms with Crippen molar-refractivity contribution >= 4 is 5.91 Å². The van der Waals surface area contributed by atoms with Crippen LogP contribution in [0.1, 0.15) is 41.9 Å². The smallest absolute Gasteiger partial charge is 0.274 e. The topological polar surface area (TPSA) is 78.9 Å². The first kappa shape index (κ1) is 10.7. The third-order valence-electron chi connectivity index (χ3n) is 2.88. The largest absolute Gasteiger partial charge is 0.361 e. The number of hydrogen-bond donors (Lipinski definition) is 1. The molecule has 5 heteroatoms. The quantitative estimate of drug-likeness (QED) is 0.818. The lowest BCUT2D eigenvalue weighted by Gasteiger charge is -2.20. The molecule has 5 nitrogen and oxygen atoms in total. The van der Waals surface area contributed by atoms with E-state index >= 15 is 0 Å². The Bertz CT molecular complexity index is 438. The monoisotopic (exact) mass is 219 g/mol. The van der Waals surface area contributed by atoms with Crippen LogP contribution in [0, 0.1) is 18.3 Å². The number of rotatable bonds is 2. The van der Waals surface area contributed by atoms with Gasteiger partial charge in [-0.1, -0.05) is 5.16 Å². The van der Waals surface area contributed by atoms with E-state index in [-0.39, 0.29) is 11.6 Å². The maximum Gasteiger partial charge on any atom is 0.274 e. The number of aryl methyl sites for hydroxylation is 1. The predicted octanol–water partition coefficient (Wildman–Crippen LogP) is 1.55. The highest BCUT2D eigenvalue weighted by Gasteiger charge is 2.36.